The molecule has 1 aromatic carbocycles. The first-order chi connectivity index (χ1) is 14.1. The lowest BCUT2D eigenvalue weighted by Gasteiger charge is -2.25. The van der Waals surface area contributed by atoms with E-state index >= 15 is 0 Å². The first-order valence-electron chi connectivity index (χ1n) is 9.41. The number of nitrogens with zero attached hydrogens (tertiary/aromatic N) is 2. The van der Waals surface area contributed by atoms with Crippen LogP contribution in [0.2, 0.25) is 0 Å². The molecule has 0 spiro atoms. The topological polar surface area (TPSA) is 50.5 Å². The number of hydrogen-bond donors (Lipinski definition) is 1. The van der Waals surface area contributed by atoms with Crippen LogP contribution in [0, 0.1) is 6.92 Å². The summed E-state index contributed by atoms with van der Waals surface area (Å²) in [6.07, 6.45) is 1.80. The predicted molar refractivity (Wildman–Crippen MR) is 121 cm³/mol. The number of rotatable bonds is 6. The highest BCUT2D eigenvalue weighted by Gasteiger charge is 2.41. The van der Waals surface area contributed by atoms with E-state index in [1.54, 1.807) is 13.3 Å². The van der Waals surface area contributed by atoms with Crippen molar-refractivity contribution in [1.29, 1.82) is 0 Å². The van der Waals surface area contributed by atoms with Crippen molar-refractivity contribution in [3.05, 3.63) is 76.2 Å². The number of aromatic nitrogens is 1. The molecule has 0 bridgehead atoms. The molecule has 150 valence electrons. The Balaban J connectivity index is 1.72. The number of halogens is 1. The lowest BCUT2D eigenvalue weighted by atomic mass is 10.0. The van der Waals surface area contributed by atoms with Crippen LogP contribution in [-0.4, -0.2) is 35.3 Å². The van der Waals surface area contributed by atoms with Crippen LogP contribution in [0.4, 0.5) is 0 Å². The van der Waals surface area contributed by atoms with Crippen LogP contribution in [0.25, 0.3) is 11.3 Å². The molecule has 0 aliphatic carbocycles. The van der Waals surface area contributed by atoms with E-state index in [4.69, 9.17) is 21.4 Å². The van der Waals surface area contributed by atoms with Gasteiger partial charge in [-0.1, -0.05) is 28.1 Å². The summed E-state index contributed by atoms with van der Waals surface area (Å²) in [4.78, 5) is 6.66. The Labute approximate surface area is 184 Å². The minimum atomic E-state index is -0.106. The zero-order chi connectivity index (χ0) is 20.4. The molecule has 3 aromatic rings. The Morgan fingerprint density at radius 1 is 1.24 bits per heavy atom. The number of nitrogens with one attached hydrogen (secondary N) is 1. The van der Waals surface area contributed by atoms with Crippen LogP contribution < -0.4 is 5.32 Å². The highest BCUT2D eigenvalue weighted by molar-refractivity contribution is 9.10. The Hall–Kier alpha value is -2.22. The number of methoxy groups -OCH3 is 1. The molecular formula is C22H22BrN3O2S. The van der Waals surface area contributed by atoms with E-state index in [0.717, 1.165) is 27.3 Å². The van der Waals surface area contributed by atoms with E-state index in [2.05, 4.69) is 56.3 Å². The smallest absolute Gasteiger partial charge is 0.170 e. The van der Waals surface area contributed by atoms with Crippen molar-refractivity contribution in [2.24, 2.45) is 0 Å². The Morgan fingerprint density at radius 3 is 2.83 bits per heavy atom. The molecule has 0 radical (unpaired) electrons. The SMILES string of the molecule is COCCN1C(=S)N[C@H](c2ccccn2)[C@H]1c1ccc(-c2ccc(C)cc2Br)o1. The maximum absolute atomic E-state index is 6.34. The zero-order valence-electron chi connectivity index (χ0n) is 16.3. The van der Waals surface area contributed by atoms with E-state index in [1.165, 1.54) is 5.56 Å². The van der Waals surface area contributed by atoms with Gasteiger partial charge in [0.25, 0.3) is 0 Å². The Bertz CT molecular complexity index is 1010. The van der Waals surface area contributed by atoms with Gasteiger partial charge in [0.1, 0.15) is 17.6 Å². The van der Waals surface area contributed by atoms with Gasteiger partial charge in [0.15, 0.2) is 5.11 Å². The van der Waals surface area contributed by atoms with Crippen molar-refractivity contribution >= 4 is 33.3 Å². The molecule has 5 nitrogen and oxygen atoms in total. The Morgan fingerprint density at radius 2 is 2.10 bits per heavy atom. The molecule has 0 amide bonds. The number of thiocarbonyl (C=S) groups is 1. The second kappa shape index (κ2) is 8.65. The van der Waals surface area contributed by atoms with Crippen LogP contribution in [0.15, 0.2) is 63.6 Å². The van der Waals surface area contributed by atoms with E-state index in [1.807, 2.05) is 30.3 Å². The number of hydrogen-bond acceptors (Lipinski definition) is 4. The average molecular weight is 472 g/mol. The fraction of sp³-hybridized carbons (Fsp3) is 0.273. The average Bonchev–Trinajstić information content (AvgIpc) is 3.31. The molecule has 3 heterocycles. The summed E-state index contributed by atoms with van der Waals surface area (Å²) in [6.45, 7) is 3.31. The summed E-state index contributed by atoms with van der Waals surface area (Å²) in [5.74, 6) is 1.66. The minimum Gasteiger partial charge on any atom is -0.459 e. The van der Waals surface area contributed by atoms with Gasteiger partial charge in [-0.05, 0) is 61.1 Å². The molecule has 1 aliphatic heterocycles. The summed E-state index contributed by atoms with van der Waals surface area (Å²) in [5, 5.41) is 4.09. The van der Waals surface area contributed by atoms with E-state index in [0.29, 0.717) is 18.3 Å². The van der Waals surface area contributed by atoms with Crippen molar-refractivity contribution in [2.45, 2.75) is 19.0 Å². The lowest BCUT2D eigenvalue weighted by molar-refractivity contribution is 0.158. The van der Waals surface area contributed by atoms with Gasteiger partial charge in [-0.25, -0.2) is 0 Å². The summed E-state index contributed by atoms with van der Waals surface area (Å²) in [7, 11) is 1.69. The van der Waals surface area contributed by atoms with E-state index in [9.17, 15) is 0 Å². The van der Waals surface area contributed by atoms with Gasteiger partial charge in [0, 0.05) is 29.9 Å². The molecule has 1 fully saturated rings. The summed E-state index contributed by atoms with van der Waals surface area (Å²) >= 11 is 9.28. The van der Waals surface area contributed by atoms with E-state index in [-0.39, 0.29) is 12.1 Å². The standard InChI is InChI=1S/C22H22BrN3O2S/c1-14-6-7-15(16(23)13-14)18-8-9-19(28-18)21-20(17-5-3-4-10-24-17)25-22(29)26(21)11-12-27-2/h3-10,13,20-21H,11-12H2,1-2H3,(H,25,29)/t20-,21-/m1/s1. The molecule has 2 aromatic heterocycles. The fourth-order valence-electron chi connectivity index (χ4n) is 3.62. The fourth-order valence-corrected chi connectivity index (χ4v) is 4.64. The molecule has 29 heavy (non-hydrogen) atoms. The molecule has 1 N–H and O–H groups in total. The molecule has 7 heteroatoms. The summed E-state index contributed by atoms with van der Waals surface area (Å²) in [6, 6.07) is 16.0. The third-order valence-corrected chi connectivity index (χ3v) is 6.05. The largest absolute Gasteiger partial charge is 0.459 e. The van der Waals surface area contributed by atoms with Gasteiger partial charge >= 0.3 is 0 Å². The maximum atomic E-state index is 6.34. The van der Waals surface area contributed by atoms with Gasteiger partial charge in [0.05, 0.1) is 18.3 Å². The van der Waals surface area contributed by atoms with Crippen molar-refractivity contribution < 1.29 is 9.15 Å². The van der Waals surface area contributed by atoms with Crippen molar-refractivity contribution in [3.63, 3.8) is 0 Å². The lowest BCUT2D eigenvalue weighted by Crippen LogP contribution is -2.32. The second-order valence-corrected chi connectivity index (χ2v) is 8.24. The van der Waals surface area contributed by atoms with Gasteiger partial charge in [0.2, 0.25) is 0 Å². The van der Waals surface area contributed by atoms with Crippen LogP contribution >= 0.6 is 28.1 Å². The quantitative estimate of drug-likeness (QED) is 0.508. The zero-order valence-corrected chi connectivity index (χ0v) is 18.7. The highest BCUT2D eigenvalue weighted by Crippen LogP contribution is 2.41. The van der Waals surface area contributed by atoms with Crippen LogP contribution in [0.1, 0.15) is 29.1 Å². The number of pyridine rings is 1. The highest BCUT2D eigenvalue weighted by atomic mass is 79.9. The van der Waals surface area contributed by atoms with Gasteiger partial charge in [-0.15, -0.1) is 0 Å². The molecule has 1 aliphatic rings. The predicted octanol–water partition coefficient (Wildman–Crippen LogP) is 5.03. The number of aryl methyl sites for hydroxylation is 1. The summed E-state index contributed by atoms with van der Waals surface area (Å²) < 4.78 is 12.7. The minimum absolute atomic E-state index is 0.0963. The molecular weight excluding hydrogens is 450 g/mol. The molecule has 1 saturated heterocycles. The summed E-state index contributed by atoms with van der Waals surface area (Å²) in [5.41, 5.74) is 3.14. The monoisotopic (exact) mass is 471 g/mol. The first-order valence-corrected chi connectivity index (χ1v) is 10.6. The maximum Gasteiger partial charge on any atom is 0.170 e. The third kappa shape index (κ3) is 4.08. The molecule has 0 unspecified atom stereocenters. The van der Waals surface area contributed by atoms with Crippen LogP contribution in [0.5, 0.6) is 0 Å². The number of ether oxygens (including phenoxy) is 1. The van der Waals surface area contributed by atoms with Crippen molar-refractivity contribution in [2.75, 3.05) is 20.3 Å². The van der Waals surface area contributed by atoms with Gasteiger partial charge in [-0.2, -0.15) is 0 Å². The normalized spacial score (nSPS) is 18.9. The van der Waals surface area contributed by atoms with Crippen LogP contribution in [0.3, 0.4) is 0 Å². The van der Waals surface area contributed by atoms with Gasteiger partial charge < -0.3 is 19.4 Å². The van der Waals surface area contributed by atoms with Crippen LogP contribution in [-0.2, 0) is 4.74 Å². The molecule has 0 saturated carbocycles. The molecule has 2 atom stereocenters. The Kier molecular flexibility index (Phi) is 5.99. The van der Waals surface area contributed by atoms with Gasteiger partial charge in [-0.3, -0.25) is 4.98 Å². The second-order valence-electron chi connectivity index (χ2n) is 7.00. The number of furan rings is 1. The van der Waals surface area contributed by atoms with Crippen molar-refractivity contribution in [3.8, 4) is 11.3 Å². The first kappa shape index (κ1) is 20.1. The van der Waals surface area contributed by atoms with Crippen molar-refractivity contribution in [1.82, 2.24) is 15.2 Å². The third-order valence-electron chi connectivity index (χ3n) is 5.04. The van der Waals surface area contributed by atoms with E-state index < -0.39 is 0 Å². The number of benzene rings is 1. The molecule has 4 rings (SSSR count).